The molecule has 1 aromatic carbocycles. The van der Waals surface area contributed by atoms with Crippen LogP contribution in [0.3, 0.4) is 0 Å². The van der Waals surface area contributed by atoms with Crippen LogP contribution in [0, 0.1) is 11.7 Å². The molecule has 2 aromatic rings. The van der Waals surface area contributed by atoms with E-state index in [1.807, 2.05) is 4.90 Å². The highest BCUT2D eigenvalue weighted by atomic mass is 19.1. The Bertz CT molecular complexity index is 829. The molecular formula is C23H32FN3O3. The van der Waals surface area contributed by atoms with Gasteiger partial charge in [-0.05, 0) is 43.5 Å². The molecule has 0 radical (unpaired) electrons. The average molecular weight is 418 g/mol. The number of morpholine rings is 1. The largest absolute Gasteiger partial charge is 0.378 e. The van der Waals surface area contributed by atoms with Crippen LogP contribution in [-0.2, 0) is 16.1 Å². The summed E-state index contributed by atoms with van der Waals surface area (Å²) in [6.45, 7) is 11.3. The Hall–Kier alpha value is -2.41. The van der Waals surface area contributed by atoms with Gasteiger partial charge in [-0.3, -0.25) is 4.79 Å². The molecule has 1 fully saturated rings. The van der Waals surface area contributed by atoms with Gasteiger partial charge in [-0.25, -0.2) is 4.39 Å². The Kier molecular flexibility index (Phi) is 7.48. The van der Waals surface area contributed by atoms with Crippen LogP contribution in [0.4, 0.5) is 10.3 Å². The summed E-state index contributed by atoms with van der Waals surface area (Å²) in [5, 5.41) is 4.33. The number of halogens is 1. The number of ether oxygens (including phenoxy) is 1. The lowest BCUT2D eigenvalue weighted by Gasteiger charge is -2.31. The number of aromatic nitrogens is 1. The van der Waals surface area contributed by atoms with Gasteiger partial charge < -0.3 is 19.1 Å². The number of hydrogen-bond donors (Lipinski definition) is 0. The van der Waals surface area contributed by atoms with E-state index in [2.05, 4.69) is 37.8 Å². The Balaban J connectivity index is 2.00. The fourth-order valence-electron chi connectivity index (χ4n) is 3.64. The second kappa shape index (κ2) is 10.1. The minimum Gasteiger partial charge on any atom is -0.378 e. The van der Waals surface area contributed by atoms with Crippen molar-refractivity contribution in [1.82, 2.24) is 10.1 Å². The lowest BCUT2D eigenvalue weighted by atomic mass is 10.0. The van der Waals surface area contributed by atoms with Gasteiger partial charge >= 0.3 is 0 Å². The number of carbonyl (C=O) groups excluding carboxylic acids is 1. The molecule has 1 atom stereocenters. The van der Waals surface area contributed by atoms with Crippen LogP contribution in [0.15, 0.2) is 28.8 Å². The molecule has 1 aliphatic rings. The molecular weight excluding hydrogens is 385 g/mol. The summed E-state index contributed by atoms with van der Waals surface area (Å²) in [6.07, 6.45) is 1.35. The van der Waals surface area contributed by atoms with Crippen molar-refractivity contribution in [3.05, 3.63) is 35.6 Å². The van der Waals surface area contributed by atoms with E-state index in [-0.39, 0.29) is 23.7 Å². The standard InChI is InChI=1S/C23H32FN3O3/c1-5-17(4)27(21(28)14-16(2)3)15-20-22(18-6-8-19(24)9-7-18)25-30-23(20)26-10-12-29-13-11-26/h6-9,16-17H,5,10-15H2,1-4H3/t17-/m1/s1. The number of amides is 1. The highest BCUT2D eigenvalue weighted by Gasteiger charge is 2.29. The number of anilines is 1. The molecule has 1 aliphatic heterocycles. The van der Waals surface area contributed by atoms with Gasteiger partial charge in [-0.1, -0.05) is 25.9 Å². The van der Waals surface area contributed by atoms with Crippen LogP contribution in [0.25, 0.3) is 11.3 Å². The van der Waals surface area contributed by atoms with Crippen LogP contribution in [0.5, 0.6) is 0 Å². The number of hydrogen-bond acceptors (Lipinski definition) is 5. The second-order valence-corrected chi connectivity index (χ2v) is 8.30. The van der Waals surface area contributed by atoms with E-state index in [9.17, 15) is 9.18 Å². The molecule has 164 valence electrons. The lowest BCUT2D eigenvalue weighted by Crippen LogP contribution is -2.40. The maximum atomic E-state index is 13.5. The van der Waals surface area contributed by atoms with Gasteiger partial charge in [0.05, 0.1) is 25.3 Å². The molecule has 0 bridgehead atoms. The first-order chi connectivity index (χ1) is 14.4. The van der Waals surface area contributed by atoms with Crippen molar-refractivity contribution < 1.29 is 18.4 Å². The van der Waals surface area contributed by atoms with Gasteiger partial charge in [-0.15, -0.1) is 0 Å². The fourth-order valence-corrected chi connectivity index (χ4v) is 3.64. The highest BCUT2D eigenvalue weighted by Crippen LogP contribution is 2.34. The zero-order chi connectivity index (χ0) is 21.7. The molecule has 0 N–H and O–H groups in total. The van der Waals surface area contributed by atoms with Crippen molar-refractivity contribution in [1.29, 1.82) is 0 Å². The van der Waals surface area contributed by atoms with E-state index in [4.69, 9.17) is 9.26 Å². The van der Waals surface area contributed by atoms with E-state index >= 15 is 0 Å². The van der Waals surface area contributed by atoms with Crippen molar-refractivity contribution in [2.45, 2.75) is 53.1 Å². The summed E-state index contributed by atoms with van der Waals surface area (Å²) in [6, 6.07) is 6.31. The number of nitrogens with zero attached hydrogens (tertiary/aromatic N) is 3. The maximum Gasteiger partial charge on any atom is 0.233 e. The van der Waals surface area contributed by atoms with Crippen LogP contribution in [0.2, 0.25) is 0 Å². The molecule has 0 unspecified atom stereocenters. The SMILES string of the molecule is CC[C@@H](C)N(Cc1c(-c2ccc(F)cc2)noc1N1CCOCC1)C(=O)CC(C)C. The van der Waals surface area contributed by atoms with Crippen LogP contribution in [-0.4, -0.2) is 48.3 Å². The molecule has 7 heteroatoms. The molecule has 30 heavy (non-hydrogen) atoms. The summed E-state index contributed by atoms with van der Waals surface area (Å²) in [5.41, 5.74) is 2.29. The number of rotatable bonds is 8. The third-order valence-corrected chi connectivity index (χ3v) is 5.54. The first kappa shape index (κ1) is 22.3. The molecule has 1 saturated heterocycles. The summed E-state index contributed by atoms with van der Waals surface area (Å²) < 4.78 is 24.7. The molecule has 3 rings (SSSR count). The first-order valence-corrected chi connectivity index (χ1v) is 10.8. The molecule has 1 aromatic heterocycles. The fraction of sp³-hybridized carbons (Fsp3) is 0.565. The number of benzene rings is 1. The van der Waals surface area contributed by atoms with E-state index in [0.29, 0.717) is 50.8 Å². The Morgan fingerprint density at radius 1 is 1.20 bits per heavy atom. The van der Waals surface area contributed by atoms with Crippen LogP contribution in [0.1, 0.15) is 46.1 Å². The van der Waals surface area contributed by atoms with Gasteiger partial charge in [0.1, 0.15) is 11.5 Å². The molecule has 0 spiro atoms. The minimum absolute atomic E-state index is 0.0877. The monoisotopic (exact) mass is 417 g/mol. The quantitative estimate of drug-likeness (QED) is 0.633. The van der Waals surface area contributed by atoms with Crippen molar-refractivity contribution in [2.75, 3.05) is 31.2 Å². The third kappa shape index (κ3) is 5.19. The van der Waals surface area contributed by atoms with Gasteiger partial charge in [-0.2, -0.15) is 0 Å². The smallest absolute Gasteiger partial charge is 0.233 e. The Labute approximate surface area is 178 Å². The second-order valence-electron chi connectivity index (χ2n) is 8.30. The van der Waals surface area contributed by atoms with E-state index in [1.165, 1.54) is 12.1 Å². The zero-order valence-electron chi connectivity index (χ0n) is 18.4. The summed E-state index contributed by atoms with van der Waals surface area (Å²) in [7, 11) is 0. The van der Waals surface area contributed by atoms with Crippen LogP contribution >= 0.6 is 0 Å². The normalized spacial score (nSPS) is 15.5. The van der Waals surface area contributed by atoms with E-state index in [0.717, 1.165) is 17.5 Å². The van der Waals surface area contributed by atoms with Crippen molar-refractivity contribution in [3.8, 4) is 11.3 Å². The highest BCUT2D eigenvalue weighted by molar-refractivity contribution is 5.78. The lowest BCUT2D eigenvalue weighted by molar-refractivity contribution is -0.134. The van der Waals surface area contributed by atoms with Crippen molar-refractivity contribution >= 4 is 11.8 Å². The molecule has 2 heterocycles. The van der Waals surface area contributed by atoms with Gasteiger partial charge in [0.15, 0.2) is 0 Å². The number of carbonyl (C=O) groups is 1. The predicted octanol–water partition coefficient (Wildman–Crippen LogP) is 4.49. The molecule has 0 saturated carbocycles. The third-order valence-electron chi connectivity index (χ3n) is 5.54. The molecule has 6 nitrogen and oxygen atoms in total. The van der Waals surface area contributed by atoms with Gasteiger partial charge in [0.2, 0.25) is 11.8 Å². The van der Waals surface area contributed by atoms with E-state index < -0.39 is 0 Å². The topological polar surface area (TPSA) is 58.8 Å². The zero-order valence-corrected chi connectivity index (χ0v) is 18.4. The molecule has 1 amide bonds. The summed E-state index contributed by atoms with van der Waals surface area (Å²) >= 11 is 0. The minimum atomic E-state index is -0.300. The van der Waals surface area contributed by atoms with Gasteiger partial charge in [0.25, 0.3) is 0 Å². The molecule has 0 aliphatic carbocycles. The van der Waals surface area contributed by atoms with Crippen LogP contribution < -0.4 is 4.90 Å². The summed E-state index contributed by atoms with van der Waals surface area (Å²) in [5.74, 6) is 0.772. The van der Waals surface area contributed by atoms with Crippen molar-refractivity contribution in [3.63, 3.8) is 0 Å². The predicted molar refractivity (Wildman–Crippen MR) is 115 cm³/mol. The Morgan fingerprint density at radius 2 is 1.87 bits per heavy atom. The van der Waals surface area contributed by atoms with Gasteiger partial charge in [0, 0.05) is 31.1 Å². The maximum absolute atomic E-state index is 13.5. The first-order valence-electron chi connectivity index (χ1n) is 10.8. The van der Waals surface area contributed by atoms with E-state index in [1.54, 1.807) is 12.1 Å². The Morgan fingerprint density at radius 3 is 2.47 bits per heavy atom. The van der Waals surface area contributed by atoms with Crippen molar-refractivity contribution in [2.24, 2.45) is 5.92 Å². The summed E-state index contributed by atoms with van der Waals surface area (Å²) in [4.78, 5) is 17.1. The average Bonchev–Trinajstić information content (AvgIpc) is 3.15.